The molecule has 2 amide bonds. The Balaban J connectivity index is 3.69. The summed E-state index contributed by atoms with van der Waals surface area (Å²) >= 11 is 0. The van der Waals surface area contributed by atoms with Crippen LogP contribution in [0.5, 0.6) is 0 Å². The fourth-order valence-corrected chi connectivity index (χ4v) is 1.79. The third-order valence-electron chi connectivity index (χ3n) is 2.88. The standard InChI is InChI=1S/C13H30N4O/c1-15(2)9-5-7-11-17(13(14)18)12-8-6-10-16(3)4/h5-12H2,1-4H3,(H2,14,18). The normalized spacial score (nSPS) is 11.2. The van der Waals surface area contributed by atoms with Gasteiger partial charge in [0.05, 0.1) is 0 Å². The van der Waals surface area contributed by atoms with Gasteiger partial charge in [-0.1, -0.05) is 0 Å². The topological polar surface area (TPSA) is 52.8 Å². The lowest BCUT2D eigenvalue weighted by Gasteiger charge is -2.21. The predicted molar refractivity (Wildman–Crippen MR) is 76.7 cm³/mol. The van der Waals surface area contributed by atoms with Crippen LogP contribution >= 0.6 is 0 Å². The summed E-state index contributed by atoms with van der Waals surface area (Å²) in [6.07, 6.45) is 4.26. The Kier molecular flexibility index (Phi) is 9.69. The molecule has 0 saturated carbocycles. The van der Waals surface area contributed by atoms with Crippen molar-refractivity contribution in [2.24, 2.45) is 5.73 Å². The second-order valence-corrected chi connectivity index (χ2v) is 5.35. The number of nitrogens with two attached hydrogens (primary N) is 1. The number of urea groups is 1. The molecule has 0 aromatic heterocycles. The number of rotatable bonds is 10. The largest absolute Gasteiger partial charge is 0.351 e. The molecule has 0 atom stereocenters. The minimum atomic E-state index is -0.287. The first-order valence-electron chi connectivity index (χ1n) is 6.77. The van der Waals surface area contributed by atoms with Crippen LogP contribution in [-0.2, 0) is 0 Å². The number of amides is 2. The van der Waals surface area contributed by atoms with Gasteiger partial charge in [-0.15, -0.1) is 0 Å². The van der Waals surface area contributed by atoms with E-state index in [1.54, 1.807) is 4.90 Å². The number of hydrogen-bond donors (Lipinski definition) is 1. The quantitative estimate of drug-likeness (QED) is 0.596. The third-order valence-corrected chi connectivity index (χ3v) is 2.88. The summed E-state index contributed by atoms with van der Waals surface area (Å²) in [4.78, 5) is 17.4. The zero-order valence-electron chi connectivity index (χ0n) is 12.5. The molecule has 108 valence electrons. The number of primary amides is 1. The van der Waals surface area contributed by atoms with Crippen molar-refractivity contribution < 1.29 is 4.79 Å². The lowest BCUT2D eigenvalue weighted by molar-refractivity contribution is 0.203. The Hall–Kier alpha value is -0.810. The highest BCUT2D eigenvalue weighted by molar-refractivity contribution is 5.71. The van der Waals surface area contributed by atoms with Crippen LogP contribution in [0, 0.1) is 0 Å². The first-order valence-corrected chi connectivity index (χ1v) is 6.77. The van der Waals surface area contributed by atoms with Gasteiger partial charge in [-0.2, -0.15) is 0 Å². The Labute approximate surface area is 112 Å². The molecule has 0 aromatic rings. The minimum Gasteiger partial charge on any atom is -0.351 e. The first kappa shape index (κ1) is 17.2. The first-order chi connectivity index (χ1) is 8.43. The molecule has 0 saturated heterocycles. The third kappa shape index (κ3) is 10.4. The summed E-state index contributed by atoms with van der Waals surface area (Å²) in [6.45, 7) is 3.69. The highest BCUT2D eigenvalue weighted by Crippen LogP contribution is 2.00. The van der Waals surface area contributed by atoms with Crippen molar-refractivity contribution in [3.8, 4) is 0 Å². The second-order valence-electron chi connectivity index (χ2n) is 5.35. The molecule has 0 aliphatic carbocycles. The van der Waals surface area contributed by atoms with E-state index >= 15 is 0 Å². The number of nitrogens with zero attached hydrogens (tertiary/aromatic N) is 3. The van der Waals surface area contributed by atoms with Crippen molar-refractivity contribution in [3.05, 3.63) is 0 Å². The summed E-state index contributed by atoms with van der Waals surface area (Å²) in [5.41, 5.74) is 5.39. The Morgan fingerprint density at radius 1 is 0.778 bits per heavy atom. The van der Waals surface area contributed by atoms with Crippen molar-refractivity contribution >= 4 is 6.03 Å². The van der Waals surface area contributed by atoms with Crippen molar-refractivity contribution in [1.82, 2.24) is 14.7 Å². The molecule has 0 heterocycles. The van der Waals surface area contributed by atoms with Gasteiger partial charge in [-0.25, -0.2) is 4.79 Å². The van der Waals surface area contributed by atoms with E-state index in [0.29, 0.717) is 0 Å². The van der Waals surface area contributed by atoms with Crippen molar-refractivity contribution in [2.75, 3.05) is 54.4 Å². The monoisotopic (exact) mass is 258 g/mol. The molecule has 0 aliphatic heterocycles. The van der Waals surface area contributed by atoms with Crippen molar-refractivity contribution in [1.29, 1.82) is 0 Å². The van der Waals surface area contributed by atoms with E-state index in [1.165, 1.54) is 0 Å². The predicted octanol–water partition coefficient (Wildman–Crippen LogP) is 1.05. The summed E-state index contributed by atoms with van der Waals surface area (Å²) in [5, 5.41) is 0. The highest BCUT2D eigenvalue weighted by atomic mass is 16.2. The maximum Gasteiger partial charge on any atom is 0.314 e. The molecule has 5 nitrogen and oxygen atoms in total. The summed E-state index contributed by atoms with van der Waals surface area (Å²) in [5.74, 6) is 0. The van der Waals surface area contributed by atoms with E-state index in [0.717, 1.165) is 51.9 Å². The van der Waals surface area contributed by atoms with E-state index < -0.39 is 0 Å². The maximum atomic E-state index is 11.3. The molecule has 2 N–H and O–H groups in total. The molecule has 0 bridgehead atoms. The van der Waals surface area contributed by atoms with E-state index in [1.807, 2.05) is 0 Å². The fourth-order valence-electron chi connectivity index (χ4n) is 1.79. The van der Waals surface area contributed by atoms with Gasteiger partial charge in [0.1, 0.15) is 0 Å². The SMILES string of the molecule is CN(C)CCCCN(CCCCN(C)C)C(N)=O. The molecular weight excluding hydrogens is 228 g/mol. The molecule has 0 unspecified atom stereocenters. The van der Waals surface area contributed by atoms with E-state index in [-0.39, 0.29) is 6.03 Å². The summed E-state index contributed by atoms with van der Waals surface area (Å²) in [6, 6.07) is -0.287. The number of carbonyl (C=O) groups excluding carboxylic acids is 1. The number of carbonyl (C=O) groups is 1. The highest BCUT2D eigenvalue weighted by Gasteiger charge is 2.08. The van der Waals surface area contributed by atoms with Crippen LogP contribution in [0.2, 0.25) is 0 Å². The Morgan fingerprint density at radius 2 is 1.11 bits per heavy atom. The van der Waals surface area contributed by atoms with Gasteiger partial charge in [0.2, 0.25) is 0 Å². The van der Waals surface area contributed by atoms with Gasteiger partial charge in [-0.05, 0) is 67.0 Å². The zero-order chi connectivity index (χ0) is 14.0. The summed E-state index contributed by atoms with van der Waals surface area (Å²) < 4.78 is 0. The van der Waals surface area contributed by atoms with Gasteiger partial charge < -0.3 is 20.4 Å². The van der Waals surface area contributed by atoms with E-state index in [4.69, 9.17) is 5.73 Å². The van der Waals surface area contributed by atoms with Crippen LogP contribution < -0.4 is 5.73 Å². The van der Waals surface area contributed by atoms with Crippen LogP contribution in [0.25, 0.3) is 0 Å². The average molecular weight is 258 g/mol. The van der Waals surface area contributed by atoms with Gasteiger partial charge in [0.15, 0.2) is 0 Å². The summed E-state index contributed by atoms with van der Waals surface area (Å²) in [7, 11) is 8.25. The van der Waals surface area contributed by atoms with Crippen LogP contribution in [0.1, 0.15) is 25.7 Å². The molecule has 5 heteroatoms. The average Bonchev–Trinajstić information content (AvgIpc) is 2.25. The lowest BCUT2D eigenvalue weighted by Crippen LogP contribution is -2.37. The smallest absolute Gasteiger partial charge is 0.314 e. The van der Waals surface area contributed by atoms with Gasteiger partial charge in [0, 0.05) is 13.1 Å². The van der Waals surface area contributed by atoms with Crippen LogP contribution in [0.3, 0.4) is 0 Å². The number of unbranched alkanes of at least 4 members (excludes halogenated alkanes) is 2. The van der Waals surface area contributed by atoms with Gasteiger partial charge >= 0.3 is 6.03 Å². The fraction of sp³-hybridized carbons (Fsp3) is 0.923. The maximum absolute atomic E-state index is 11.3. The molecule has 0 fully saturated rings. The van der Waals surface area contributed by atoms with Crippen LogP contribution in [-0.4, -0.2) is 75.1 Å². The molecule has 0 spiro atoms. The second kappa shape index (κ2) is 10.1. The molecule has 0 aromatic carbocycles. The minimum absolute atomic E-state index is 0.287. The van der Waals surface area contributed by atoms with Crippen LogP contribution in [0.4, 0.5) is 4.79 Å². The van der Waals surface area contributed by atoms with Gasteiger partial charge in [-0.3, -0.25) is 0 Å². The Morgan fingerprint density at radius 3 is 1.39 bits per heavy atom. The van der Waals surface area contributed by atoms with Gasteiger partial charge in [0.25, 0.3) is 0 Å². The van der Waals surface area contributed by atoms with Crippen LogP contribution in [0.15, 0.2) is 0 Å². The zero-order valence-corrected chi connectivity index (χ0v) is 12.5. The van der Waals surface area contributed by atoms with Crippen molar-refractivity contribution in [3.63, 3.8) is 0 Å². The molecule has 0 rings (SSSR count). The number of hydrogen-bond acceptors (Lipinski definition) is 3. The lowest BCUT2D eigenvalue weighted by atomic mass is 10.2. The molecule has 0 aliphatic rings. The van der Waals surface area contributed by atoms with Crippen molar-refractivity contribution in [2.45, 2.75) is 25.7 Å². The van der Waals surface area contributed by atoms with E-state index in [2.05, 4.69) is 38.0 Å². The molecular formula is C13H30N4O. The van der Waals surface area contributed by atoms with E-state index in [9.17, 15) is 4.79 Å². The Bertz CT molecular complexity index is 203. The molecule has 0 radical (unpaired) electrons. The molecule has 18 heavy (non-hydrogen) atoms.